The fourth-order valence-corrected chi connectivity index (χ4v) is 1.75. The van der Waals surface area contributed by atoms with Gasteiger partial charge in [0, 0.05) is 0 Å². The molecule has 0 fully saturated rings. The van der Waals surface area contributed by atoms with Crippen LogP contribution in [0.25, 0.3) is 0 Å². The Morgan fingerprint density at radius 3 is 2.57 bits per heavy atom. The standard InChI is InChI=1S/C15H18ClNO4/c1-9(2)8-20-14-12(16)5-11(6-13(14)19-4)15(18)21-10(3)7-17/h5-6,9-10H,8H2,1-4H3/t10-/m1/s1. The topological polar surface area (TPSA) is 68.5 Å². The van der Waals surface area contributed by atoms with Crippen LogP contribution in [0.5, 0.6) is 11.5 Å². The van der Waals surface area contributed by atoms with E-state index in [1.54, 1.807) is 0 Å². The second-order valence-corrected chi connectivity index (χ2v) is 5.28. The van der Waals surface area contributed by atoms with Gasteiger partial charge in [0.1, 0.15) is 6.07 Å². The summed E-state index contributed by atoms with van der Waals surface area (Å²) in [5, 5.41) is 8.91. The summed E-state index contributed by atoms with van der Waals surface area (Å²) in [5.41, 5.74) is 0.204. The van der Waals surface area contributed by atoms with Gasteiger partial charge in [0.15, 0.2) is 17.6 Å². The van der Waals surface area contributed by atoms with Crippen molar-refractivity contribution in [3.63, 3.8) is 0 Å². The van der Waals surface area contributed by atoms with Crippen molar-refractivity contribution in [3.05, 3.63) is 22.7 Å². The number of carbonyl (C=O) groups is 1. The highest BCUT2D eigenvalue weighted by atomic mass is 35.5. The summed E-state index contributed by atoms with van der Waals surface area (Å²) in [4.78, 5) is 11.9. The zero-order chi connectivity index (χ0) is 16.0. The Morgan fingerprint density at radius 2 is 2.05 bits per heavy atom. The van der Waals surface area contributed by atoms with E-state index in [1.165, 1.54) is 26.2 Å². The molecule has 0 aliphatic heterocycles. The molecule has 1 aromatic carbocycles. The van der Waals surface area contributed by atoms with Crippen molar-refractivity contribution in [2.75, 3.05) is 13.7 Å². The normalized spacial score (nSPS) is 11.7. The van der Waals surface area contributed by atoms with Gasteiger partial charge in [-0.1, -0.05) is 25.4 Å². The second kappa shape index (κ2) is 7.75. The van der Waals surface area contributed by atoms with E-state index in [2.05, 4.69) is 0 Å². The van der Waals surface area contributed by atoms with Gasteiger partial charge in [0.05, 0.1) is 24.3 Å². The highest BCUT2D eigenvalue weighted by Gasteiger charge is 2.18. The monoisotopic (exact) mass is 311 g/mol. The molecule has 1 rings (SSSR count). The summed E-state index contributed by atoms with van der Waals surface area (Å²) >= 11 is 6.13. The van der Waals surface area contributed by atoms with Crippen molar-refractivity contribution in [1.82, 2.24) is 0 Å². The first-order valence-corrected chi connectivity index (χ1v) is 6.87. The molecule has 1 aromatic rings. The van der Waals surface area contributed by atoms with Crippen molar-refractivity contribution < 1.29 is 19.0 Å². The zero-order valence-electron chi connectivity index (χ0n) is 12.5. The van der Waals surface area contributed by atoms with Gasteiger partial charge in [-0.2, -0.15) is 5.26 Å². The fraction of sp³-hybridized carbons (Fsp3) is 0.467. The van der Waals surface area contributed by atoms with Crippen LogP contribution >= 0.6 is 11.6 Å². The molecule has 0 N–H and O–H groups in total. The van der Waals surface area contributed by atoms with E-state index in [9.17, 15) is 4.79 Å². The third kappa shape index (κ3) is 4.83. The molecule has 114 valence electrons. The minimum Gasteiger partial charge on any atom is -0.493 e. The first-order chi connectivity index (χ1) is 9.88. The van der Waals surface area contributed by atoms with Gasteiger partial charge in [-0.15, -0.1) is 0 Å². The number of halogens is 1. The van der Waals surface area contributed by atoms with Gasteiger partial charge in [-0.05, 0) is 25.0 Å². The summed E-state index contributed by atoms with van der Waals surface area (Å²) in [5.74, 6) is 0.420. The van der Waals surface area contributed by atoms with Gasteiger partial charge in [0.25, 0.3) is 0 Å². The Morgan fingerprint density at radius 1 is 1.38 bits per heavy atom. The van der Waals surface area contributed by atoms with E-state index in [0.29, 0.717) is 24.0 Å². The molecule has 1 atom stereocenters. The van der Waals surface area contributed by atoms with E-state index in [0.717, 1.165) is 0 Å². The van der Waals surface area contributed by atoms with Gasteiger partial charge < -0.3 is 14.2 Å². The van der Waals surface area contributed by atoms with Crippen LogP contribution in [0, 0.1) is 17.2 Å². The highest BCUT2D eigenvalue weighted by molar-refractivity contribution is 6.32. The number of hydrogen-bond donors (Lipinski definition) is 0. The lowest BCUT2D eigenvalue weighted by Crippen LogP contribution is -2.13. The minimum atomic E-state index is -0.834. The molecule has 0 spiro atoms. The zero-order valence-corrected chi connectivity index (χ0v) is 13.2. The minimum absolute atomic E-state index is 0.204. The Balaban J connectivity index is 3.03. The van der Waals surface area contributed by atoms with Crippen LogP contribution < -0.4 is 9.47 Å². The van der Waals surface area contributed by atoms with Crippen molar-refractivity contribution in [1.29, 1.82) is 5.26 Å². The number of benzene rings is 1. The summed E-state index contributed by atoms with van der Waals surface area (Å²) in [6.07, 6.45) is -0.834. The maximum absolute atomic E-state index is 11.9. The lowest BCUT2D eigenvalue weighted by atomic mass is 10.2. The van der Waals surface area contributed by atoms with Crippen LogP contribution in [-0.4, -0.2) is 25.8 Å². The molecule has 0 heterocycles. The van der Waals surface area contributed by atoms with Crippen LogP contribution in [0.4, 0.5) is 0 Å². The van der Waals surface area contributed by atoms with Gasteiger partial charge in [0.2, 0.25) is 0 Å². The third-order valence-corrected chi connectivity index (χ3v) is 2.77. The summed E-state index contributed by atoms with van der Waals surface area (Å²) in [7, 11) is 1.46. The smallest absolute Gasteiger partial charge is 0.339 e. The Kier molecular flexibility index (Phi) is 6.32. The quantitative estimate of drug-likeness (QED) is 0.753. The molecular formula is C15H18ClNO4. The fourth-order valence-electron chi connectivity index (χ4n) is 1.48. The SMILES string of the molecule is COc1cc(C(=O)O[C@H](C)C#N)cc(Cl)c1OCC(C)C. The molecule has 0 bridgehead atoms. The van der Waals surface area contributed by atoms with Crippen molar-refractivity contribution >= 4 is 17.6 Å². The van der Waals surface area contributed by atoms with Gasteiger partial charge >= 0.3 is 5.97 Å². The molecule has 0 unspecified atom stereocenters. The molecular weight excluding hydrogens is 294 g/mol. The van der Waals surface area contributed by atoms with E-state index in [4.69, 9.17) is 31.1 Å². The summed E-state index contributed by atoms with van der Waals surface area (Å²) in [6.45, 7) is 5.98. The molecule has 0 aliphatic rings. The maximum Gasteiger partial charge on any atom is 0.339 e. The van der Waals surface area contributed by atoms with E-state index in [-0.39, 0.29) is 10.6 Å². The average Bonchev–Trinajstić information content (AvgIpc) is 2.44. The molecule has 0 radical (unpaired) electrons. The van der Waals surface area contributed by atoms with Gasteiger partial charge in [-0.3, -0.25) is 0 Å². The number of methoxy groups -OCH3 is 1. The average molecular weight is 312 g/mol. The molecule has 6 heteroatoms. The third-order valence-electron chi connectivity index (χ3n) is 2.49. The van der Waals surface area contributed by atoms with Gasteiger partial charge in [-0.25, -0.2) is 4.79 Å². The Bertz CT molecular complexity index is 551. The molecule has 0 saturated carbocycles. The van der Waals surface area contributed by atoms with E-state index in [1.807, 2.05) is 19.9 Å². The molecule has 0 amide bonds. The number of rotatable bonds is 6. The number of nitriles is 1. The molecule has 0 aliphatic carbocycles. The highest BCUT2D eigenvalue weighted by Crippen LogP contribution is 2.37. The molecule has 0 saturated heterocycles. The van der Waals surface area contributed by atoms with E-state index < -0.39 is 12.1 Å². The maximum atomic E-state index is 11.9. The number of esters is 1. The molecule has 5 nitrogen and oxygen atoms in total. The van der Waals surface area contributed by atoms with E-state index >= 15 is 0 Å². The van der Waals surface area contributed by atoms with Crippen LogP contribution in [0.15, 0.2) is 12.1 Å². The summed E-state index contributed by atoms with van der Waals surface area (Å²) < 4.78 is 15.7. The lowest BCUT2D eigenvalue weighted by molar-refractivity contribution is 0.0435. The molecule has 0 aromatic heterocycles. The first-order valence-electron chi connectivity index (χ1n) is 6.50. The predicted octanol–water partition coefficient (Wildman–Crippen LogP) is 3.45. The van der Waals surface area contributed by atoms with Crippen LogP contribution in [0.2, 0.25) is 5.02 Å². The largest absolute Gasteiger partial charge is 0.493 e. The van der Waals surface area contributed by atoms with Crippen molar-refractivity contribution in [2.24, 2.45) is 5.92 Å². The van der Waals surface area contributed by atoms with Crippen molar-refractivity contribution in [2.45, 2.75) is 26.9 Å². The number of hydrogen-bond acceptors (Lipinski definition) is 5. The number of ether oxygens (including phenoxy) is 3. The molecule has 21 heavy (non-hydrogen) atoms. The van der Waals surface area contributed by atoms with Crippen molar-refractivity contribution in [3.8, 4) is 17.6 Å². The second-order valence-electron chi connectivity index (χ2n) is 4.87. The first kappa shape index (κ1) is 17.1. The Labute approximate surface area is 129 Å². The Hall–Kier alpha value is -1.93. The van der Waals surface area contributed by atoms with Crippen LogP contribution in [-0.2, 0) is 4.74 Å². The number of nitrogens with zero attached hydrogens (tertiary/aromatic N) is 1. The van der Waals surface area contributed by atoms with Crippen LogP contribution in [0.3, 0.4) is 0 Å². The van der Waals surface area contributed by atoms with Crippen LogP contribution in [0.1, 0.15) is 31.1 Å². The summed E-state index contributed by atoms with van der Waals surface area (Å²) in [6, 6.07) is 4.74. The lowest BCUT2D eigenvalue weighted by Gasteiger charge is -2.15. The number of carbonyl (C=O) groups excluding carboxylic acids is 1. The predicted molar refractivity (Wildman–Crippen MR) is 78.8 cm³/mol.